The van der Waals surface area contributed by atoms with Crippen LogP contribution in [0.3, 0.4) is 0 Å². The van der Waals surface area contributed by atoms with Crippen molar-refractivity contribution in [2.75, 3.05) is 18.4 Å². The van der Waals surface area contributed by atoms with Crippen LogP contribution in [0.2, 0.25) is 0 Å². The van der Waals surface area contributed by atoms with Crippen LogP contribution in [-0.4, -0.2) is 29.7 Å². The van der Waals surface area contributed by atoms with Crippen LogP contribution in [0.1, 0.15) is 44.6 Å². The van der Waals surface area contributed by atoms with Crippen molar-refractivity contribution < 1.29 is 9.90 Å². The molecule has 2 rings (SSSR count). The van der Waals surface area contributed by atoms with Gasteiger partial charge in [0.15, 0.2) is 0 Å². The van der Waals surface area contributed by atoms with E-state index in [-0.39, 0.29) is 11.8 Å². The molecular formula is C16H24N2O2. The van der Waals surface area contributed by atoms with E-state index in [9.17, 15) is 9.90 Å². The van der Waals surface area contributed by atoms with Crippen molar-refractivity contribution in [3.63, 3.8) is 0 Å². The lowest BCUT2D eigenvalue weighted by molar-refractivity contribution is -0.124. The molecule has 4 nitrogen and oxygen atoms in total. The Hall–Kier alpha value is -1.55. The molecule has 0 bridgehead atoms. The summed E-state index contributed by atoms with van der Waals surface area (Å²) in [7, 11) is 0. The molecule has 0 aromatic heterocycles. The predicted molar refractivity (Wildman–Crippen MR) is 80.8 cm³/mol. The third-order valence-electron chi connectivity index (χ3n) is 4.31. The summed E-state index contributed by atoms with van der Waals surface area (Å²) in [5.74, 6) is -0.107. The van der Waals surface area contributed by atoms with Gasteiger partial charge in [-0.3, -0.25) is 4.79 Å². The molecule has 110 valence electrons. The molecule has 20 heavy (non-hydrogen) atoms. The Bertz CT molecular complexity index is 469. The fourth-order valence-corrected chi connectivity index (χ4v) is 2.62. The van der Waals surface area contributed by atoms with E-state index in [0.29, 0.717) is 19.4 Å². The number of carbonyl (C=O) groups excluding carboxylic acids is 1. The molecule has 4 heteroatoms. The zero-order valence-corrected chi connectivity index (χ0v) is 12.3. The van der Waals surface area contributed by atoms with E-state index in [1.165, 1.54) is 0 Å². The molecule has 1 amide bonds. The highest BCUT2D eigenvalue weighted by Gasteiger charge is 2.28. The molecule has 0 saturated heterocycles. The van der Waals surface area contributed by atoms with Crippen LogP contribution in [0.15, 0.2) is 24.3 Å². The van der Waals surface area contributed by atoms with E-state index in [1.54, 1.807) is 0 Å². The van der Waals surface area contributed by atoms with Gasteiger partial charge < -0.3 is 15.7 Å². The monoisotopic (exact) mass is 276 g/mol. The van der Waals surface area contributed by atoms with Crippen molar-refractivity contribution in [3.8, 4) is 0 Å². The van der Waals surface area contributed by atoms with E-state index in [0.717, 1.165) is 24.2 Å². The van der Waals surface area contributed by atoms with Crippen molar-refractivity contribution in [2.45, 2.75) is 44.6 Å². The van der Waals surface area contributed by atoms with Crippen LogP contribution in [0.5, 0.6) is 0 Å². The van der Waals surface area contributed by atoms with E-state index < -0.39 is 5.60 Å². The maximum absolute atomic E-state index is 12.4. The highest BCUT2D eigenvalue weighted by molar-refractivity contribution is 5.86. The maximum Gasteiger partial charge on any atom is 0.227 e. The van der Waals surface area contributed by atoms with Gasteiger partial charge in [-0.25, -0.2) is 0 Å². The lowest BCUT2D eigenvalue weighted by atomic mass is 9.89. The van der Waals surface area contributed by atoms with Crippen molar-refractivity contribution in [3.05, 3.63) is 29.8 Å². The van der Waals surface area contributed by atoms with Gasteiger partial charge in [-0.1, -0.05) is 32.0 Å². The van der Waals surface area contributed by atoms with Crippen LogP contribution in [0.4, 0.5) is 5.69 Å². The molecule has 0 radical (unpaired) electrons. The van der Waals surface area contributed by atoms with Gasteiger partial charge in [0.05, 0.1) is 11.5 Å². The second-order valence-corrected chi connectivity index (χ2v) is 5.50. The third kappa shape index (κ3) is 3.12. The average molecular weight is 276 g/mol. The number of hydrogen-bond acceptors (Lipinski definition) is 3. The molecule has 1 heterocycles. The molecule has 1 aromatic rings. The number of para-hydroxylation sites is 1. The molecule has 1 atom stereocenters. The number of carbonyl (C=O) groups is 1. The van der Waals surface area contributed by atoms with E-state index >= 15 is 0 Å². The maximum atomic E-state index is 12.4. The van der Waals surface area contributed by atoms with Gasteiger partial charge in [-0.05, 0) is 30.9 Å². The Morgan fingerprint density at radius 1 is 1.40 bits per heavy atom. The predicted octanol–water partition coefficient (Wildman–Crippen LogP) is 2.25. The Morgan fingerprint density at radius 3 is 2.80 bits per heavy atom. The first kappa shape index (κ1) is 14.9. The quantitative estimate of drug-likeness (QED) is 0.773. The average Bonchev–Trinajstić information content (AvgIpc) is 2.51. The molecule has 0 saturated carbocycles. The zero-order valence-electron chi connectivity index (χ0n) is 12.3. The first-order chi connectivity index (χ1) is 9.59. The van der Waals surface area contributed by atoms with E-state index in [4.69, 9.17) is 0 Å². The molecule has 1 aromatic carbocycles. The summed E-state index contributed by atoms with van der Waals surface area (Å²) in [4.78, 5) is 12.4. The number of nitrogens with one attached hydrogen (secondary N) is 2. The van der Waals surface area contributed by atoms with Gasteiger partial charge in [0.2, 0.25) is 5.91 Å². The molecule has 1 aliphatic rings. The molecule has 0 spiro atoms. The number of benzene rings is 1. The number of anilines is 1. The number of amides is 1. The summed E-state index contributed by atoms with van der Waals surface area (Å²) in [5.41, 5.74) is 1.30. The summed E-state index contributed by atoms with van der Waals surface area (Å²) < 4.78 is 0. The zero-order chi connectivity index (χ0) is 14.6. The lowest BCUT2D eigenvalue weighted by Crippen LogP contribution is -2.44. The molecule has 1 aliphatic heterocycles. The minimum Gasteiger partial charge on any atom is -0.388 e. The highest BCUT2D eigenvalue weighted by Crippen LogP contribution is 2.31. The summed E-state index contributed by atoms with van der Waals surface area (Å²) in [6, 6.07) is 7.93. The minimum absolute atomic E-state index is 0.0132. The van der Waals surface area contributed by atoms with Crippen LogP contribution >= 0.6 is 0 Å². The second kappa shape index (κ2) is 6.27. The molecule has 3 N–H and O–H groups in total. The molecule has 0 aliphatic carbocycles. The van der Waals surface area contributed by atoms with Gasteiger partial charge in [0.25, 0.3) is 0 Å². The van der Waals surface area contributed by atoms with E-state index in [2.05, 4.69) is 10.6 Å². The first-order valence-corrected chi connectivity index (χ1v) is 7.42. The fraction of sp³-hybridized carbons (Fsp3) is 0.562. The van der Waals surface area contributed by atoms with E-state index in [1.807, 2.05) is 38.1 Å². The summed E-state index contributed by atoms with van der Waals surface area (Å²) >= 11 is 0. The number of aliphatic hydroxyl groups is 1. The minimum atomic E-state index is -0.790. The van der Waals surface area contributed by atoms with Crippen molar-refractivity contribution >= 4 is 11.6 Å². The lowest BCUT2D eigenvalue weighted by Gasteiger charge is -2.29. The second-order valence-electron chi connectivity index (χ2n) is 5.50. The summed E-state index contributed by atoms with van der Waals surface area (Å²) in [5, 5.41) is 16.5. The van der Waals surface area contributed by atoms with Crippen LogP contribution in [0, 0.1) is 0 Å². The largest absolute Gasteiger partial charge is 0.388 e. The number of fused-ring (bicyclic) bond motifs is 1. The van der Waals surface area contributed by atoms with Gasteiger partial charge in [0.1, 0.15) is 0 Å². The first-order valence-electron chi connectivity index (χ1n) is 7.42. The normalized spacial score (nSPS) is 18.1. The Morgan fingerprint density at radius 2 is 2.10 bits per heavy atom. The van der Waals surface area contributed by atoms with Crippen molar-refractivity contribution in [1.82, 2.24) is 5.32 Å². The Balaban J connectivity index is 2.04. The van der Waals surface area contributed by atoms with Crippen LogP contribution in [-0.2, 0) is 4.79 Å². The van der Waals surface area contributed by atoms with Crippen molar-refractivity contribution in [1.29, 1.82) is 0 Å². The van der Waals surface area contributed by atoms with Crippen molar-refractivity contribution in [2.24, 2.45) is 0 Å². The molecule has 0 fully saturated rings. The highest BCUT2D eigenvalue weighted by atomic mass is 16.3. The SMILES string of the molecule is CCC(O)(CC)CNC(=O)C1CCNc2ccccc21. The number of rotatable bonds is 5. The van der Waals surface area contributed by atoms with Gasteiger partial charge in [0, 0.05) is 18.8 Å². The standard InChI is InChI=1S/C16H24N2O2/c1-3-16(20,4-2)11-18-15(19)13-9-10-17-14-8-6-5-7-12(13)14/h5-8,13,17,20H,3-4,9-11H2,1-2H3,(H,18,19). The molecular weight excluding hydrogens is 252 g/mol. The molecule has 1 unspecified atom stereocenters. The summed E-state index contributed by atoms with van der Waals surface area (Å²) in [6.45, 7) is 5.01. The van der Waals surface area contributed by atoms with Crippen LogP contribution < -0.4 is 10.6 Å². The number of hydrogen-bond donors (Lipinski definition) is 3. The van der Waals surface area contributed by atoms with Gasteiger partial charge >= 0.3 is 0 Å². The van der Waals surface area contributed by atoms with Crippen LogP contribution in [0.25, 0.3) is 0 Å². The smallest absolute Gasteiger partial charge is 0.227 e. The third-order valence-corrected chi connectivity index (χ3v) is 4.31. The fourth-order valence-electron chi connectivity index (χ4n) is 2.62. The summed E-state index contributed by atoms with van der Waals surface area (Å²) in [6.07, 6.45) is 2.08. The topological polar surface area (TPSA) is 61.4 Å². The van der Waals surface area contributed by atoms with Gasteiger partial charge in [-0.2, -0.15) is 0 Å². The Labute approximate surface area is 120 Å². The Kier molecular flexibility index (Phi) is 4.65. The van der Waals surface area contributed by atoms with Gasteiger partial charge in [-0.15, -0.1) is 0 Å².